The summed E-state index contributed by atoms with van der Waals surface area (Å²) in [5, 5.41) is 20.5. The van der Waals surface area contributed by atoms with E-state index in [0.29, 0.717) is 5.56 Å². The van der Waals surface area contributed by atoms with Gasteiger partial charge in [-0.25, -0.2) is 0 Å². The van der Waals surface area contributed by atoms with Crippen LogP contribution in [0.2, 0.25) is 0 Å². The molecule has 3 nitrogen and oxygen atoms in total. The molecule has 1 aliphatic rings. The first-order valence-electron chi connectivity index (χ1n) is 7.54. The van der Waals surface area contributed by atoms with Gasteiger partial charge >= 0.3 is 0 Å². The lowest BCUT2D eigenvalue weighted by Gasteiger charge is -2.23. The van der Waals surface area contributed by atoms with Crippen LogP contribution >= 0.6 is 0 Å². The first kappa shape index (κ1) is 14.9. The van der Waals surface area contributed by atoms with Gasteiger partial charge in [0.25, 0.3) is 0 Å². The minimum atomic E-state index is 0.215. The molecule has 1 aliphatic heterocycles. The fraction of sp³-hybridized carbons (Fsp3) is 0.529. The lowest BCUT2D eigenvalue weighted by Crippen LogP contribution is -2.23. The average Bonchev–Trinajstić information content (AvgIpc) is 2.40. The summed E-state index contributed by atoms with van der Waals surface area (Å²) in [5.41, 5.74) is 2.70. The smallest absolute Gasteiger partial charge is 0.127 e. The molecule has 0 fully saturated rings. The van der Waals surface area contributed by atoms with Gasteiger partial charge in [-0.3, -0.25) is 0 Å². The Kier molecular flexibility index (Phi) is 5.07. The van der Waals surface area contributed by atoms with E-state index in [1.54, 1.807) is 0 Å². The van der Waals surface area contributed by atoms with E-state index >= 15 is 0 Å². The highest BCUT2D eigenvalue weighted by molar-refractivity contribution is 5.76. The van der Waals surface area contributed by atoms with Crippen LogP contribution in [0.4, 0.5) is 0 Å². The van der Waals surface area contributed by atoms with E-state index in [0.717, 1.165) is 43.5 Å². The van der Waals surface area contributed by atoms with Crippen molar-refractivity contribution in [1.82, 2.24) is 4.90 Å². The van der Waals surface area contributed by atoms with Crippen LogP contribution in [0, 0.1) is 0 Å². The first-order chi connectivity index (χ1) is 9.61. The number of aryl methyl sites for hydroxylation is 1. The molecule has 0 atom stereocenters. The van der Waals surface area contributed by atoms with Crippen LogP contribution in [0.3, 0.4) is 0 Å². The highest BCUT2D eigenvalue weighted by Gasteiger charge is 2.17. The lowest BCUT2D eigenvalue weighted by molar-refractivity contribution is 0.368. The van der Waals surface area contributed by atoms with Crippen molar-refractivity contribution in [1.29, 1.82) is 0 Å². The maximum atomic E-state index is 10.2. The van der Waals surface area contributed by atoms with Gasteiger partial charge in [-0.1, -0.05) is 25.8 Å². The Hall–Kier alpha value is -1.48. The van der Waals surface area contributed by atoms with Crippen LogP contribution in [0.1, 0.15) is 43.7 Å². The van der Waals surface area contributed by atoms with Gasteiger partial charge in [0.2, 0.25) is 0 Å². The van der Waals surface area contributed by atoms with Crippen molar-refractivity contribution in [2.24, 2.45) is 0 Å². The zero-order chi connectivity index (χ0) is 14.5. The van der Waals surface area contributed by atoms with Crippen LogP contribution in [0.15, 0.2) is 18.2 Å². The summed E-state index contributed by atoms with van der Waals surface area (Å²) in [4.78, 5) is 2.22. The van der Waals surface area contributed by atoms with Crippen molar-refractivity contribution in [2.75, 3.05) is 20.1 Å². The van der Waals surface area contributed by atoms with Crippen molar-refractivity contribution < 1.29 is 10.2 Å². The predicted molar refractivity (Wildman–Crippen MR) is 83.1 cm³/mol. The zero-order valence-corrected chi connectivity index (χ0v) is 12.5. The summed E-state index contributed by atoms with van der Waals surface area (Å²) < 4.78 is 0. The number of aromatic hydroxyl groups is 2. The third-order valence-electron chi connectivity index (χ3n) is 3.96. The number of unbranched alkanes of at least 4 members (excludes halogenated alkanes) is 2. The Labute approximate surface area is 121 Å². The molecule has 3 heteroatoms. The zero-order valence-electron chi connectivity index (χ0n) is 12.5. The molecule has 0 aromatic heterocycles. The Morgan fingerprint density at radius 2 is 1.85 bits per heavy atom. The minimum absolute atomic E-state index is 0.215. The number of phenols is 2. The Morgan fingerprint density at radius 3 is 2.40 bits per heavy atom. The molecule has 110 valence electrons. The average molecular weight is 275 g/mol. The summed E-state index contributed by atoms with van der Waals surface area (Å²) in [6.45, 7) is 4.00. The van der Waals surface area contributed by atoms with E-state index in [-0.39, 0.29) is 11.5 Å². The summed E-state index contributed by atoms with van der Waals surface area (Å²) in [6.07, 6.45) is 7.33. The highest BCUT2D eigenvalue weighted by atomic mass is 16.3. The molecule has 0 amide bonds. The Morgan fingerprint density at radius 1 is 1.15 bits per heavy atom. The molecule has 1 heterocycles. The van der Waals surface area contributed by atoms with Crippen molar-refractivity contribution in [3.8, 4) is 11.5 Å². The van der Waals surface area contributed by atoms with E-state index in [2.05, 4.69) is 24.9 Å². The second-order valence-corrected chi connectivity index (χ2v) is 5.71. The number of nitrogens with zero attached hydrogens (tertiary/aromatic N) is 1. The van der Waals surface area contributed by atoms with Gasteiger partial charge in [0.1, 0.15) is 11.5 Å². The van der Waals surface area contributed by atoms with Gasteiger partial charge in [-0.05, 0) is 49.6 Å². The van der Waals surface area contributed by atoms with Crippen LogP contribution < -0.4 is 0 Å². The van der Waals surface area contributed by atoms with E-state index in [1.807, 2.05) is 12.1 Å². The van der Waals surface area contributed by atoms with Gasteiger partial charge in [0, 0.05) is 13.1 Å². The summed E-state index contributed by atoms with van der Waals surface area (Å²) >= 11 is 0. The van der Waals surface area contributed by atoms with Crippen molar-refractivity contribution in [2.45, 2.75) is 39.0 Å². The predicted octanol–water partition coefficient (Wildman–Crippen LogP) is 3.55. The van der Waals surface area contributed by atoms with Crippen LogP contribution in [-0.2, 0) is 6.42 Å². The quantitative estimate of drug-likeness (QED) is 0.808. The minimum Gasteiger partial charge on any atom is -0.507 e. The van der Waals surface area contributed by atoms with Crippen molar-refractivity contribution >= 4 is 5.57 Å². The SMILES string of the molecule is CCCCCc1cc(O)c(C2=CCN(C)CC2)c(O)c1. The lowest BCUT2D eigenvalue weighted by atomic mass is 9.95. The van der Waals surface area contributed by atoms with Crippen molar-refractivity contribution in [3.63, 3.8) is 0 Å². The molecule has 0 saturated carbocycles. The van der Waals surface area contributed by atoms with Crippen LogP contribution in [0.5, 0.6) is 11.5 Å². The van der Waals surface area contributed by atoms with Gasteiger partial charge < -0.3 is 15.1 Å². The molecule has 0 radical (unpaired) electrons. The van der Waals surface area contributed by atoms with E-state index in [1.165, 1.54) is 12.8 Å². The first-order valence-corrected chi connectivity index (χ1v) is 7.54. The van der Waals surface area contributed by atoms with E-state index < -0.39 is 0 Å². The van der Waals surface area contributed by atoms with E-state index in [4.69, 9.17) is 0 Å². The maximum absolute atomic E-state index is 10.2. The number of likely N-dealkylation sites (N-methyl/N-ethyl adjacent to an activating group) is 1. The number of hydrogen-bond acceptors (Lipinski definition) is 3. The van der Waals surface area contributed by atoms with Crippen LogP contribution in [-0.4, -0.2) is 35.3 Å². The molecule has 2 rings (SSSR count). The molecule has 0 aliphatic carbocycles. The standard InChI is InChI=1S/C17H25NO2/c1-3-4-5-6-13-11-15(19)17(16(20)12-13)14-7-9-18(2)10-8-14/h7,11-12,19-20H,3-6,8-10H2,1-2H3. The second kappa shape index (κ2) is 6.80. The highest BCUT2D eigenvalue weighted by Crippen LogP contribution is 2.37. The summed E-state index contributed by atoms with van der Waals surface area (Å²) in [7, 11) is 2.07. The molecule has 1 aromatic rings. The summed E-state index contributed by atoms with van der Waals surface area (Å²) in [5.74, 6) is 0.430. The molecule has 0 saturated heterocycles. The number of phenolic OH excluding ortho intramolecular Hbond substituents is 2. The number of hydrogen-bond donors (Lipinski definition) is 2. The van der Waals surface area contributed by atoms with Gasteiger partial charge in [-0.15, -0.1) is 0 Å². The molecule has 0 spiro atoms. The largest absolute Gasteiger partial charge is 0.507 e. The molecule has 1 aromatic carbocycles. The fourth-order valence-corrected chi connectivity index (χ4v) is 2.72. The normalized spacial score (nSPS) is 16.2. The topological polar surface area (TPSA) is 43.7 Å². The third kappa shape index (κ3) is 3.54. The van der Waals surface area contributed by atoms with Crippen LogP contribution in [0.25, 0.3) is 5.57 Å². The molecular formula is C17H25NO2. The van der Waals surface area contributed by atoms with Gasteiger partial charge in [0.15, 0.2) is 0 Å². The number of benzene rings is 1. The Bertz CT molecular complexity index is 471. The summed E-state index contributed by atoms with van der Waals surface area (Å²) in [6, 6.07) is 3.62. The number of rotatable bonds is 5. The monoisotopic (exact) mass is 275 g/mol. The molecular weight excluding hydrogens is 250 g/mol. The third-order valence-corrected chi connectivity index (χ3v) is 3.96. The van der Waals surface area contributed by atoms with E-state index in [9.17, 15) is 10.2 Å². The molecule has 2 N–H and O–H groups in total. The van der Waals surface area contributed by atoms with Gasteiger partial charge in [0.05, 0.1) is 5.56 Å². The molecule has 0 unspecified atom stereocenters. The second-order valence-electron chi connectivity index (χ2n) is 5.71. The van der Waals surface area contributed by atoms with Crippen molar-refractivity contribution in [3.05, 3.63) is 29.3 Å². The fourth-order valence-electron chi connectivity index (χ4n) is 2.72. The maximum Gasteiger partial charge on any atom is 0.127 e. The Balaban J connectivity index is 2.18. The molecule has 20 heavy (non-hydrogen) atoms. The van der Waals surface area contributed by atoms with Gasteiger partial charge in [-0.2, -0.15) is 0 Å². The molecule has 0 bridgehead atoms.